The van der Waals surface area contributed by atoms with E-state index in [9.17, 15) is 14.4 Å². The number of imide groups is 1. The van der Waals surface area contributed by atoms with Crippen molar-refractivity contribution in [3.8, 4) is 0 Å². The van der Waals surface area contributed by atoms with Crippen LogP contribution in [0.3, 0.4) is 0 Å². The topological polar surface area (TPSA) is 78.5 Å². The second-order valence-electron chi connectivity index (χ2n) is 7.90. The molecule has 27 heavy (non-hydrogen) atoms. The molecule has 1 heterocycles. The van der Waals surface area contributed by atoms with Crippen LogP contribution in [0.4, 0.5) is 4.79 Å². The summed E-state index contributed by atoms with van der Waals surface area (Å²) < 4.78 is 0. The molecule has 1 atom stereocenters. The van der Waals surface area contributed by atoms with Crippen molar-refractivity contribution in [1.82, 2.24) is 15.5 Å². The monoisotopic (exact) mass is 371 g/mol. The zero-order chi connectivity index (χ0) is 19.3. The maximum atomic E-state index is 12.8. The SMILES string of the molecule is C[C@]1(CCc2ccccc2)NC(=O)N(CC(=O)NC2CCCCCC2)C1=O. The van der Waals surface area contributed by atoms with Crippen molar-refractivity contribution in [2.24, 2.45) is 0 Å². The molecule has 2 N–H and O–H groups in total. The van der Waals surface area contributed by atoms with E-state index in [0.717, 1.165) is 36.1 Å². The number of urea groups is 1. The maximum absolute atomic E-state index is 12.8. The molecule has 6 heteroatoms. The van der Waals surface area contributed by atoms with Crippen LogP contribution in [0.1, 0.15) is 57.4 Å². The molecular weight excluding hydrogens is 342 g/mol. The Morgan fingerprint density at radius 3 is 2.48 bits per heavy atom. The number of amides is 4. The number of nitrogens with one attached hydrogen (secondary N) is 2. The van der Waals surface area contributed by atoms with E-state index in [1.54, 1.807) is 6.92 Å². The van der Waals surface area contributed by atoms with Crippen LogP contribution in [-0.4, -0.2) is 40.9 Å². The van der Waals surface area contributed by atoms with Gasteiger partial charge in [-0.2, -0.15) is 0 Å². The Labute approximate surface area is 160 Å². The van der Waals surface area contributed by atoms with Crippen LogP contribution in [0.5, 0.6) is 0 Å². The highest BCUT2D eigenvalue weighted by atomic mass is 16.2. The molecule has 0 aromatic heterocycles. The quantitative estimate of drug-likeness (QED) is 0.596. The fourth-order valence-corrected chi connectivity index (χ4v) is 3.94. The Morgan fingerprint density at radius 1 is 1.15 bits per heavy atom. The summed E-state index contributed by atoms with van der Waals surface area (Å²) in [4.78, 5) is 38.5. The van der Waals surface area contributed by atoms with Crippen molar-refractivity contribution >= 4 is 17.8 Å². The molecule has 2 aliphatic rings. The van der Waals surface area contributed by atoms with Gasteiger partial charge in [0.1, 0.15) is 12.1 Å². The number of benzene rings is 1. The van der Waals surface area contributed by atoms with Gasteiger partial charge in [-0.3, -0.25) is 14.5 Å². The minimum absolute atomic E-state index is 0.158. The van der Waals surface area contributed by atoms with Gasteiger partial charge in [0.15, 0.2) is 0 Å². The number of carbonyl (C=O) groups excluding carboxylic acids is 3. The van der Waals surface area contributed by atoms with Crippen LogP contribution in [0.15, 0.2) is 30.3 Å². The molecule has 2 fully saturated rings. The summed E-state index contributed by atoms with van der Waals surface area (Å²) in [7, 11) is 0. The van der Waals surface area contributed by atoms with Crippen molar-refractivity contribution in [2.75, 3.05) is 6.54 Å². The third kappa shape index (κ3) is 4.87. The number of nitrogens with zero attached hydrogens (tertiary/aromatic N) is 1. The Morgan fingerprint density at radius 2 is 1.81 bits per heavy atom. The second kappa shape index (κ2) is 8.55. The third-order valence-electron chi connectivity index (χ3n) is 5.62. The molecule has 1 saturated heterocycles. The molecule has 146 valence electrons. The third-order valence-corrected chi connectivity index (χ3v) is 5.62. The molecule has 6 nitrogen and oxygen atoms in total. The molecule has 0 spiro atoms. The lowest BCUT2D eigenvalue weighted by Crippen LogP contribution is -2.46. The van der Waals surface area contributed by atoms with E-state index < -0.39 is 11.6 Å². The van der Waals surface area contributed by atoms with E-state index in [4.69, 9.17) is 0 Å². The average molecular weight is 371 g/mol. The zero-order valence-corrected chi connectivity index (χ0v) is 16.0. The number of hydrogen-bond donors (Lipinski definition) is 2. The molecule has 1 aromatic carbocycles. The van der Waals surface area contributed by atoms with Crippen molar-refractivity contribution in [3.63, 3.8) is 0 Å². The van der Waals surface area contributed by atoms with E-state index in [0.29, 0.717) is 12.8 Å². The van der Waals surface area contributed by atoms with Gasteiger partial charge >= 0.3 is 6.03 Å². The largest absolute Gasteiger partial charge is 0.352 e. The van der Waals surface area contributed by atoms with Crippen LogP contribution >= 0.6 is 0 Å². The van der Waals surface area contributed by atoms with Crippen molar-refractivity contribution in [1.29, 1.82) is 0 Å². The molecule has 1 aliphatic heterocycles. The number of carbonyl (C=O) groups is 3. The van der Waals surface area contributed by atoms with E-state index in [-0.39, 0.29) is 24.4 Å². The highest BCUT2D eigenvalue weighted by Gasteiger charge is 2.47. The molecule has 1 aliphatic carbocycles. The minimum Gasteiger partial charge on any atom is -0.352 e. The minimum atomic E-state index is -0.963. The predicted molar refractivity (Wildman–Crippen MR) is 103 cm³/mol. The Hall–Kier alpha value is -2.37. The van der Waals surface area contributed by atoms with Crippen molar-refractivity contribution < 1.29 is 14.4 Å². The molecule has 0 unspecified atom stereocenters. The number of rotatable bonds is 6. The molecular formula is C21H29N3O3. The van der Waals surface area contributed by atoms with Gasteiger partial charge in [-0.1, -0.05) is 56.0 Å². The van der Waals surface area contributed by atoms with Crippen LogP contribution in [0.2, 0.25) is 0 Å². The Bertz CT molecular complexity index is 683. The van der Waals surface area contributed by atoms with Gasteiger partial charge < -0.3 is 10.6 Å². The lowest BCUT2D eigenvalue weighted by molar-refractivity contribution is -0.135. The summed E-state index contributed by atoms with van der Waals surface area (Å²) in [6.45, 7) is 1.53. The summed E-state index contributed by atoms with van der Waals surface area (Å²) in [6, 6.07) is 9.54. The van der Waals surface area contributed by atoms with Crippen LogP contribution < -0.4 is 10.6 Å². The highest BCUT2D eigenvalue weighted by molar-refractivity contribution is 6.08. The summed E-state index contributed by atoms with van der Waals surface area (Å²) in [5.41, 5.74) is 0.153. The lowest BCUT2D eigenvalue weighted by atomic mass is 9.93. The molecule has 3 rings (SSSR count). The standard InChI is InChI=1S/C21H29N3O3/c1-21(14-13-16-9-5-4-6-10-16)19(26)24(20(27)23-21)15-18(25)22-17-11-7-2-3-8-12-17/h4-6,9-10,17H,2-3,7-8,11-15H2,1H3,(H,22,25)(H,23,27)/t21-/m1/s1. The molecule has 1 aromatic rings. The Balaban J connectivity index is 1.55. The number of aryl methyl sites for hydroxylation is 1. The van der Waals surface area contributed by atoms with Gasteiger partial charge in [0.2, 0.25) is 5.91 Å². The van der Waals surface area contributed by atoms with Gasteiger partial charge in [0.25, 0.3) is 5.91 Å². The van der Waals surface area contributed by atoms with E-state index in [1.165, 1.54) is 12.8 Å². The highest BCUT2D eigenvalue weighted by Crippen LogP contribution is 2.23. The molecule has 0 radical (unpaired) electrons. The Kier molecular flexibility index (Phi) is 6.14. The maximum Gasteiger partial charge on any atom is 0.325 e. The van der Waals surface area contributed by atoms with E-state index in [1.807, 2.05) is 30.3 Å². The first-order valence-corrected chi connectivity index (χ1v) is 9.95. The first-order valence-electron chi connectivity index (χ1n) is 9.95. The molecule has 0 bridgehead atoms. The first kappa shape index (κ1) is 19.4. The van der Waals surface area contributed by atoms with Crippen molar-refractivity contribution in [3.05, 3.63) is 35.9 Å². The summed E-state index contributed by atoms with van der Waals surface area (Å²) >= 11 is 0. The summed E-state index contributed by atoms with van der Waals surface area (Å²) in [6.07, 6.45) is 7.78. The van der Waals surface area contributed by atoms with Crippen molar-refractivity contribution in [2.45, 2.75) is 69.9 Å². The fourth-order valence-electron chi connectivity index (χ4n) is 3.94. The lowest BCUT2D eigenvalue weighted by Gasteiger charge is -2.22. The fraction of sp³-hybridized carbons (Fsp3) is 0.571. The normalized spacial score (nSPS) is 23.8. The van der Waals surface area contributed by atoms with Gasteiger partial charge in [0.05, 0.1) is 0 Å². The first-order chi connectivity index (χ1) is 13.0. The number of hydrogen-bond acceptors (Lipinski definition) is 3. The summed E-state index contributed by atoms with van der Waals surface area (Å²) in [5, 5.41) is 5.78. The average Bonchev–Trinajstić information content (AvgIpc) is 2.84. The summed E-state index contributed by atoms with van der Waals surface area (Å²) in [5.74, 6) is -0.572. The van der Waals surface area contributed by atoms with Gasteiger partial charge in [-0.05, 0) is 38.2 Å². The molecule has 4 amide bonds. The predicted octanol–water partition coefficient (Wildman–Crippen LogP) is 2.77. The zero-order valence-electron chi connectivity index (χ0n) is 16.0. The molecule has 1 saturated carbocycles. The van der Waals surface area contributed by atoms with Gasteiger partial charge in [0, 0.05) is 6.04 Å². The van der Waals surface area contributed by atoms with Gasteiger partial charge in [-0.25, -0.2) is 4.79 Å². The van der Waals surface area contributed by atoms with E-state index >= 15 is 0 Å². The smallest absolute Gasteiger partial charge is 0.325 e. The van der Waals surface area contributed by atoms with Gasteiger partial charge in [-0.15, -0.1) is 0 Å². The van der Waals surface area contributed by atoms with Crippen LogP contribution in [0.25, 0.3) is 0 Å². The van der Waals surface area contributed by atoms with E-state index in [2.05, 4.69) is 10.6 Å². The second-order valence-corrected chi connectivity index (χ2v) is 7.90. The van der Waals surface area contributed by atoms with Crippen LogP contribution in [0, 0.1) is 0 Å². The van der Waals surface area contributed by atoms with Crippen LogP contribution in [-0.2, 0) is 16.0 Å².